The third-order valence-corrected chi connectivity index (χ3v) is 3.04. The Balaban J connectivity index is 2.05. The van der Waals surface area contributed by atoms with Crippen LogP contribution in [0.2, 0.25) is 0 Å². The van der Waals surface area contributed by atoms with Crippen LogP contribution in [0.25, 0.3) is 6.08 Å². The molecule has 1 aliphatic carbocycles. The van der Waals surface area contributed by atoms with Crippen molar-refractivity contribution in [3.8, 4) is 0 Å². The second-order valence-electron chi connectivity index (χ2n) is 4.09. The molecule has 3 rings (SSSR count). The van der Waals surface area contributed by atoms with Gasteiger partial charge in [-0.3, -0.25) is 10.1 Å². The van der Waals surface area contributed by atoms with Crippen LogP contribution in [0.3, 0.4) is 0 Å². The van der Waals surface area contributed by atoms with E-state index in [4.69, 9.17) is 0 Å². The number of carbonyl (C=O) groups is 2. The molecule has 0 aromatic heterocycles. The lowest BCUT2D eigenvalue weighted by molar-refractivity contribution is -0.122. The molecule has 1 aromatic carbocycles. The third kappa shape index (κ3) is 1.16. The van der Waals surface area contributed by atoms with E-state index in [0.717, 1.165) is 11.1 Å². The molecule has 1 fully saturated rings. The van der Waals surface area contributed by atoms with Gasteiger partial charge in [0, 0.05) is 6.42 Å². The van der Waals surface area contributed by atoms with Gasteiger partial charge in [-0.2, -0.15) is 0 Å². The van der Waals surface area contributed by atoms with E-state index in [-0.39, 0.29) is 5.91 Å². The van der Waals surface area contributed by atoms with Crippen molar-refractivity contribution >= 4 is 18.0 Å². The van der Waals surface area contributed by atoms with Crippen LogP contribution in [-0.4, -0.2) is 17.5 Å². The lowest BCUT2D eigenvalue weighted by Gasteiger charge is -2.26. The van der Waals surface area contributed by atoms with Gasteiger partial charge in [0.25, 0.3) is 5.91 Å². The lowest BCUT2D eigenvalue weighted by Crippen LogP contribution is -2.48. The molecule has 0 saturated carbocycles. The molecule has 1 unspecified atom stereocenters. The number of hydrogen-bond donors (Lipinski definition) is 2. The summed E-state index contributed by atoms with van der Waals surface area (Å²) in [6.07, 6.45) is 4.15. The molecule has 1 aromatic rings. The van der Waals surface area contributed by atoms with Crippen LogP contribution in [0.4, 0.5) is 4.79 Å². The molecule has 16 heavy (non-hydrogen) atoms. The SMILES string of the molecule is O=C1NC(=O)C2(C=Cc3ccccc3C2)N1. The molecule has 1 aliphatic heterocycles. The zero-order valence-corrected chi connectivity index (χ0v) is 8.49. The molecule has 2 aliphatic rings. The van der Waals surface area contributed by atoms with Gasteiger partial charge in [-0.25, -0.2) is 4.79 Å². The number of carbonyl (C=O) groups excluding carboxylic acids is 2. The summed E-state index contributed by atoms with van der Waals surface area (Å²) in [5, 5.41) is 4.94. The van der Waals surface area contributed by atoms with E-state index in [1.165, 1.54) is 0 Å². The summed E-state index contributed by atoms with van der Waals surface area (Å²) in [6, 6.07) is 7.43. The Morgan fingerprint density at radius 3 is 2.75 bits per heavy atom. The van der Waals surface area contributed by atoms with Crippen LogP contribution in [-0.2, 0) is 11.2 Å². The number of nitrogens with one attached hydrogen (secondary N) is 2. The second kappa shape index (κ2) is 2.95. The molecule has 4 nitrogen and oxygen atoms in total. The van der Waals surface area contributed by atoms with Crippen molar-refractivity contribution in [3.05, 3.63) is 41.5 Å². The standard InChI is InChI=1S/C12H10N2O2/c15-10-12(14-11(16)13-10)6-5-8-3-1-2-4-9(8)7-12/h1-6H,7H2,(H2,13,14,15,16). The predicted molar refractivity (Wildman–Crippen MR) is 58.6 cm³/mol. The van der Waals surface area contributed by atoms with Crippen LogP contribution in [0.15, 0.2) is 30.3 Å². The Hall–Kier alpha value is -2.10. The normalized spacial score (nSPS) is 26.5. The highest BCUT2D eigenvalue weighted by Gasteiger charge is 2.45. The first kappa shape index (κ1) is 9.15. The number of rotatable bonds is 0. The topological polar surface area (TPSA) is 58.2 Å². The summed E-state index contributed by atoms with van der Waals surface area (Å²) in [5.41, 5.74) is 1.29. The van der Waals surface area contributed by atoms with Crippen LogP contribution < -0.4 is 10.6 Å². The first-order valence-corrected chi connectivity index (χ1v) is 5.10. The van der Waals surface area contributed by atoms with Gasteiger partial charge < -0.3 is 5.32 Å². The summed E-state index contributed by atoms with van der Waals surface area (Å²) in [6.45, 7) is 0. The van der Waals surface area contributed by atoms with Gasteiger partial charge in [-0.15, -0.1) is 0 Å². The maximum absolute atomic E-state index is 11.7. The van der Waals surface area contributed by atoms with Crippen molar-refractivity contribution < 1.29 is 9.59 Å². The number of imide groups is 1. The van der Waals surface area contributed by atoms with Crippen LogP contribution in [0.5, 0.6) is 0 Å². The Morgan fingerprint density at radius 1 is 1.19 bits per heavy atom. The molecule has 0 bridgehead atoms. The molecule has 80 valence electrons. The fourth-order valence-electron chi connectivity index (χ4n) is 2.20. The van der Waals surface area contributed by atoms with E-state index in [9.17, 15) is 9.59 Å². The Bertz CT molecular complexity index is 522. The van der Waals surface area contributed by atoms with Gasteiger partial charge in [0.15, 0.2) is 0 Å². The number of benzene rings is 1. The summed E-state index contributed by atoms with van der Waals surface area (Å²) < 4.78 is 0. The number of hydrogen-bond acceptors (Lipinski definition) is 2. The van der Waals surface area contributed by atoms with E-state index < -0.39 is 11.6 Å². The van der Waals surface area contributed by atoms with Crippen LogP contribution in [0.1, 0.15) is 11.1 Å². The minimum atomic E-state index is -0.883. The largest absolute Gasteiger partial charge is 0.322 e. The van der Waals surface area contributed by atoms with Gasteiger partial charge in [0.2, 0.25) is 0 Å². The summed E-state index contributed by atoms with van der Waals surface area (Å²) >= 11 is 0. The van der Waals surface area contributed by atoms with E-state index in [0.29, 0.717) is 6.42 Å². The molecule has 1 heterocycles. The first-order chi connectivity index (χ1) is 7.70. The smallest absolute Gasteiger partial charge is 0.320 e. The zero-order valence-electron chi connectivity index (χ0n) is 8.49. The molecule has 3 amide bonds. The van der Waals surface area contributed by atoms with Crippen molar-refractivity contribution in [2.24, 2.45) is 0 Å². The van der Waals surface area contributed by atoms with Gasteiger partial charge in [-0.1, -0.05) is 30.3 Å². The van der Waals surface area contributed by atoms with Crippen LogP contribution in [0, 0.1) is 0 Å². The minimum absolute atomic E-state index is 0.275. The highest BCUT2D eigenvalue weighted by Crippen LogP contribution is 2.27. The molecular weight excluding hydrogens is 204 g/mol. The quantitative estimate of drug-likeness (QED) is 0.628. The van der Waals surface area contributed by atoms with Crippen molar-refractivity contribution in [1.82, 2.24) is 10.6 Å². The number of urea groups is 1. The van der Waals surface area contributed by atoms with Gasteiger partial charge in [0.05, 0.1) is 0 Å². The molecule has 1 atom stereocenters. The second-order valence-corrected chi connectivity index (χ2v) is 4.09. The molecule has 4 heteroatoms. The Kier molecular flexibility index (Phi) is 1.68. The highest BCUT2D eigenvalue weighted by molar-refractivity contribution is 6.09. The fraction of sp³-hybridized carbons (Fsp3) is 0.167. The molecule has 1 spiro atoms. The van der Waals surface area contributed by atoms with E-state index >= 15 is 0 Å². The zero-order chi connectivity index (χ0) is 11.2. The maximum Gasteiger partial charge on any atom is 0.322 e. The van der Waals surface area contributed by atoms with Crippen molar-refractivity contribution in [3.63, 3.8) is 0 Å². The summed E-state index contributed by atoms with van der Waals surface area (Å²) in [5.74, 6) is -0.275. The number of fused-ring (bicyclic) bond motifs is 1. The average Bonchev–Trinajstić information content (AvgIpc) is 2.53. The van der Waals surface area contributed by atoms with Crippen molar-refractivity contribution in [2.45, 2.75) is 12.0 Å². The van der Waals surface area contributed by atoms with E-state index in [1.54, 1.807) is 6.08 Å². The molecule has 0 radical (unpaired) electrons. The summed E-state index contributed by atoms with van der Waals surface area (Å²) in [7, 11) is 0. The third-order valence-electron chi connectivity index (χ3n) is 3.04. The monoisotopic (exact) mass is 214 g/mol. The summed E-state index contributed by atoms with van der Waals surface area (Å²) in [4.78, 5) is 22.9. The van der Waals surface area contributed by atoms with Crippen molar-refractivity contribution in [1.29, 1.82) is 0 Å². The van der Waals surface area contributed by atoms with E-state index in [1.807, 2.05) is 30.3 Å². The van der Waals surface area contributed by atoms with Gasteiger partial charge >= 0.3 is 6.03 Å². The van der Waals surface area contributed by atoms with Gasteiger partial charge in [0.1, 0.15) is 5.54 Å². The molecule has 2 N–H and O–H groups in total. The Labute approximate surface area is 92.3 Å². The highest BCUT2D eigenvalue weighted by atomic mass is 16.2. The van der Waals surface area contributed by atoms with Gasteiger partial charge in [-0.05, 0) is 17.2 Å². The fourth-order valence-corrected chi connectivity index (χ4v) is 2.20. The van der Waals surface area contributed by atoms with Crippen LogP contribution >= 0.6 is 0 Å². The molecule has 1 saturated heterocycles. The minimum Gasteiger partial charge on any atom is -0.320 e. The average molecular weight is 214 g/mol. The number of amides is 3. The van der Waals surface area contributed by atoms with Crippen molar-refractivity contribution in [2.75, 3.05) is 0 Å². The Morgan fingerprint density at radius 2 is 2.00 bits per heavy atom. The lowest BCUT2D eigenvalue weighted by atomic mass is 9.83. The van der Waals surface area contributed by atoms with E-state index in [2.05, 4.69) is 10.6 Å². The molecular formula is C12H10N2O2. The first-order valence-electron chi connectivity index (χ1n) is 5.10. The predicted octanol–water partition coefficient (Wildman–Crippen LogP) is 0.834. The maximum atomic E-state index is 11.7.